The van der Waals surface area contributed by atoms with E-state index in [-0.39, 0.29) is 5.91 Å². The van der Waals surface area contributed by atoms with Gasteiger partial charge in [0.05, 0.1) is 0 Å². The minimum Gasteiger partial charge on any atom is -0.351 e. The third kappa shape index (κ3) is 4.92. The summed E-state index contributed by atoms with van der Waals surface area (Å²) < 4.78 is 0. The molecule has 0 aromatic heterocycles. The highest BCUT2D eigenvalue weighted by Gasteiger charge is 2.09. The molecule has 0 bridgehead atoms. The Kier molecular flexibility index (Phi) is 6.31. The number of hydrogen-bond donors (Lipinski definition) is 2. The van der Waals surface area contributed by atoms with E-state index in [1.165, 1.54) is 4.90 Å². The molecule has 0 fully saturated rings. The maximum absolute atomic E-state index is 12.2. The van der Waals surface area contributed by atoms with Crippen molar-refractivity contribution in [2.75, 3.05) is 18.8 Å². The van der Waals surface area contributed by atoms with E-state index in [2.05, 4.69) is 17.4 Å². The van der Waals surface area contributed by atoms with Crippen LogP contribution in [0.25, 0.3) is 0 Å². The van der Waals surface area contributed by atoms with Gasteiger partial charge in [-0.05, 0) is 36.7 Å². The van der Waals surface area contributed by atoms with Crippen molar-refractivity contribution in [2.45, 2.75) is 11.3 Å². The molecule has 3 nitrogen and oxygen atoms in total. The molecule has 0 saturated carbocycles. The van der Waals surface area contributed by atoms with Gasteiger partial charge < -0.3 is 11.1 Å². The average Bonchev–Trinajstić information content (AvgIpc) is 2.53. The first-order chi connectivity index (χ1) is 10.3. The second kappa shape index (κ2) is 8.49. The maximum atomic E-state index is 12.2. The molecule has 2 aromatic carbocycles. The third-order valence-electron chi connectivity index (χ3n) is 3.08. The minimum atomic E-state index is -0.0206. The molecule has 0 aliphatic rings. The largest absolute Gasteiger partial charge is 0.351 e. The van der Waals surface area contributed by atoms with E-state index in [0.29, 0.717) is 13.1 Å². The first-order valence-electron chi connectivity index (χ1n) is 7.05. The summed E-state index contributed by atoms with van der Waals surface area (Å²) in [7, 11) is 0. The van der Waals surface area contributed by atoms with Crippen LogP contribution in [0.15, 0.2) is 59.5 Å². The van der Waals surface area contributed by atoms with E-state index in [1.807, 2.05) is 42.5 Å². The third-order valence-corrected chi connectivity index (χ3v) is 4.09. The fourth-order valence-electron chi connectivity index (χ4n) is 2.06. The van der Waals surface area contributed by atoms with Gasteiger partial charge in [-0.1, -0.05) is 36.4 Å². The number of hydrogen-bond acceptors (Lipinski definition) is 3. The highest BCUT2D eigenvalue weighted by atomic mass is 32.2. The summed E-state index contributed by atoms with van der Waals surface area (Å²) in [6.07, 6.45) is 0.725. The van der Waals surface area contributed by atoms with E-state index in [9.17, 15) is 4.79 Å². The van der Waals surface area contributed by atoms with E-state index in [1.54, 1.807) is 11.8 Å². The first kappa shape index (κ1) is 15.6. The number of rotatable bonds is 7. The van der Waals surface area contributed by atoms with Crippen LogP contribution in [0, 0.1) is 0 Å². The van der Waals surface area contributed by atoms with E-state index in [4.69, 9.17) is 5.73 Å². The van der Waals surface area contributed by atoms with Crippen molar-refractivity contribution in [2.24, 2.45) is 5.73 Å². The van der Waals surface area contributed by atoms with Gasteiger partial charge in [-0.2, -0.15) is 0 Å². The zero-order chi connectivity index (χ0) is 14.9. The molecule has 2 aromatic rings. The van der Waals surface area contributed by atoms with Crippen LogP contribution < -0.4 is 11.1 Å². The van der Waals surface area contributed by atoms with Gasteiger partial charge in [0.1, 0.15) is 0 Å². The Morgan fingerprint density at radius 2 is 1.76 bits per heavy atom. The monoisotopic (exact) mass is 300 g/mol. The van der Waals surface area contributed by atoms with E-state index < -0.39 is 0 Å². The Bertz CT molecular complexity index is 572. The Morgan fingerprint density at radius 3 is 2.52 bits per heavy atom. The lowest BCUT2D eigenvalue weighted by molar-refractivity contribution is 0.0955. The number of nitrogens with two attached hydrogens (primary N) is 1. The topological polar surface area (TPSA) is 55.1 Å². The molecule has 0 heterocycles. The second-order valence-electron chi connectivity index (χ2n) is 4.61. The van der Waals surface area contributed by atoms with Gasteiger partial charge in [0.15, 0.2) is 0 Å². The van der Waals surface area contributed by atoms with Gasteiger partial charge in [0.2, 0.25) is 0 Å². The number of thioether (sulfide) groups is 1. The van der Waals surface area contributed by atoms with E-state index in [0.717, 1.165) is 23.3 Å². The fraction of sp³-hybridized carbons (Fsp3) is 0.235. The molecule has 4 heteroatoms. The molecule has 21 heavy (non-hydrogen) atoms. The molecule has 0 unspecified atom stereocenters. The summed E-state index contributed by atoms with van der Waals surface area (Å²) in [5, 5.41) is 2.97. The van der Waals surface area contributed by atoms with Crippen LogP contribution in [0.2, 0.25) is 0 Å². The summed E-state index contributed by atoms with van der Waals surface area (Å²) in [6, 6.07) is 17.8. The molecular formula is C17H20N2OS. The summed E-state index contributed by atoms with van der Waals surface area (Å²) in [5.41, 5.74) is 7.32. The lowest BCUT2D eigenvalue weighted by atomic mass is 10.0. The molecule has 110 valence electrons. The molecular weight excluding hydrogens is 280 g/mol. The molecule has 0 atom stereocenters. The van der Waals surface area contributed by atoms with Crippen molar-refractivity contribution in [3.05, 3.63) is 65.7 Å². The predicted molar refractivity (Wildman–Crippen MR) is 88.7 cm³/mol. The van der Waals surface area contributed by atoms with E-state index >= 15 is 0 Å². The van der Waals surface area contributed by atoms with Crippen LogP contribution in [-0.2, 0) is 6.42 Å². The molecule has 0 aliphatic carbocycles. The smallest absolute Gasteiger partial charge is 0.251 e. The highest BCUT2D eigenvalue weighted by Crippen LogP contribution is 2.16. The van der Waals surface area contributed by atoms with Crippen molar-refractivity contribution in [1.29, 1.82) is 0 Å². The highest BCUT2D eigenvalue weighted by molar-refractivity contribution is 7.99. The lowest BCUT2D eigenvalue weighted by Gasteiger charge is -2.09. The molecule has 0 spiro atoms. The van der Waals surface area contributed by atoms with Crippen molar-refractivity contribution in [3.63, 3.8) is 0 Å². The van der Waals surface area contributed by atoms with Crippen molar-refractivity contribution < 1.29 is 4.79 Å². The molecule has 3 N–H and O–H groups in total. The van der Waals surface area contributed by atoms with Gasteiger partial charge in [-0.15, -0.1) is 11.8 Å². The van der Waals surface area contributed by atoms with Crippen molar-refractivity contribution in [3.8, 4) is 0 Å². The molecule has 0 radical (unpaired) electrons. The molecule has 1 amide bonds. The average molecular weight is 300 g/mol. The quantitative estimate of drug-likeness (QED) is 0.610. The van der Waals surface area contributed by atoms with Crippen LogP contribution in [0.4, 0.5) is 0 Å². The van der Waals surface area contributed by atoms with Crippen LogP contribution in [-0.4, -0.2) is 24.7 Å². The summed E-state index contributed by atoms with van der Waals surface area (Å²) in [6.45, 7) is 1.20. The number of amides is 1. The molecule has 0 aliphatic heterocycles. The van der Waals surface area contributed by atoms with Gasteiger partial charge in [0.25, 0.3) is 5.91 Å². The lowest BCUT2D eigenvalue weighted by Crippen LogP contribution is -2.27. The Morgan fingerprint density at radius 1 is 1.05 bits per heavy atom. The summed E-state index contributed by atoms with van der Waals surface area (Å²) >= 11 is 1.74. The number of benzene rings is 2. The van der Waals surface area contributed by atoms with Gasteiger partial charge >= 0.3 is 0 Å². The van der Waals surface area contributed by atoms with Crippen LogP contribution in [0.5, 0.6) is 0 Å². The van der Waals surface area contributed by atoms with Crippen LogP contribution in [0.3, 0.4) is 0 Å². The number of carbonyl (C=O) groups excluding carboxylic acids is 1. The van der Waals surface area contributed by atoms with Gasteiger partial charge in [-0.3, -0.25) is 4.79 Å². The fourth-order valence-corrected chi connectivity index (χ4v) is 2.85. The first-order valence-corrected chi connectivity index (χ1v) is 8.04. The normalized spacial score (nSPS) is 10.3. The SMILES string of the molecule is NCCc1ccccc1C(=O)NCCSc1ccccc1. The Hall–Kier alpha value is -1.78. The van der Waals surface area contributed by atoms with Crippen LogP contribution >= 0.6 is 11.8 Å². The Labute approximate surface area is 129 Å². The zero-order valence-electron chi connectivity index (χ0n) is 11.9. The van der Waals surface area contributed by atoms with Gasteiger partial charge in [-0.25, -0.2) is 0 Å². The van der Waals surface area contributed by atoms with Crippen molar-refractivity contribution >= 4 is 17.7 Å². The molecule has 2 rings (SSSR count). The standard InChI is InChI=1S/C17H20N2OS/c18-11-10-14-6-4-5-9-16(14)17(20)19-12-13-21-15-7-2-1-3-8-15/h1-9H,10-13,18H2,(H,19,20). The Balaban J connectivity index is 1.82. The van der Waals surface area contributed by atoms with Gasteiger partial charge in [0, 0.05) is 22.8 Å². The molecule has 0 saturated heterocycles. The zero-order valence-corrected chi connectivity index (χ0v) is 12.7. The van der Waals surface area contributed by atoms with Crippen LogP contribution in [0.1, 0.15) is 15.9 Å². The predicted octanol–water partition coefficient (Wildman–Crippen LogP) is 2.71. The minimum absolute atomic E-state index is 0.0206. The summed E-state index contributed by atoms with van der Waals surface area (Å²) in [4.78, 5) is 13.4. The maximum Gasteiger partial charge on any atom is 0.251 e. The number of nitrogens with one attached hydrogen (secondary N) is 1. The van der Waals surface area contributed by atoms with Crippen molar-refractivity contribution in [1.82, 2.24) is 5.32 Å². The summed E-state index contributed by atoms with van der Waals surface area (Å²) in [5.74, 6) is 0.835. The number of carbonyl (C=O) groups is 1. The second-order valence-corrected chi connectivity index (χ2v) is 5.78.